The molecule has 0 spiro atoms. The van der Waals surface area contributed by atoms with E-state index in [0.29, 0.717) is 12.4 Å². The molecule has 4 rings (SSSR count). The van der Waals surface area contributed by atoms with E-state index in [1.54, 1.807) is 14.2 Å². The third-order valence-corrected chi connectivity index (χ3v) is 5.44. The maximum Gasteiger partial charge on any atom is 0.205 e. The van der Waals surface area contributed by atoms with Gasteiger partial charge >= 0.3 is 0 Å². The number of hydrogen-bond donors (Lipinski definition) is 2. The molecule has 1 aromatic heterocycles. The topological polar surface area (TPSA) is 68.5 Å². The number of aliphatic hydroxyl groups excluding tert-OH is 1. The lowest BCUT2D eigenvalue weighted by Gasteiger charge is -2.15. The Kier molecular flexibility index (Phi) is 6.42. The summed E-state index contributed by atoms with van der Waals surface area (Å²) >= 11 is 0. The van der Waals surface area contributed by atoms with Crippen LogP contribution in [-0.2, 0) is 13.5 Å². The van der Waals surface area contributed by atoms with Crippen LogP contribution in [0.15, 0.2) is 78.9 Å². The van der Waals surface area contributed by atoms with Crippen molar-refractivity contribution >= 4 is 5.95 Å². The third kappa shape index (κ3) is 4.60. The zero-order valence-electron chi connectivity index (χ0n) is 18.4. The monoisotopic (exact) mass is 429 g/mol. The average Bonchev–Trinajstić information content (AvgIpc) is 3.14. The quantitative estimate of drug-likeness (QED) is 0.394. The smallest absolute Gasteiger partial charge is 0.205 e. The summed E-state index contributed by atoms with van der Waals surface area (Å²) in [6.07, 6.45) is -0.230. The van der Waals surface area contributed by atoms with Crippen LogP contribution < -0.4 is 14.8 Å². The van der Waals surface area contributed by atoms with Gasteiger partial charge in [0.25, 0.3) is 0 Å². The molecule has 0 saturated carbocycles. The number of aliphatic hydroxyl groups is 1. The number of anilines is 1. The van der Waals surface area contributed by atoms with Crippen molar-refractivity contribution in [3.63, 3.8) is 0 Å². The van der Waals surface area contributed by atoms with Crippen LogP contribution in [0.3, 0.4) is 0 Å². The molecular formula is C26H27N3O3. The summed E-state index contributed by atoms with van der Waals surface area (Å²) in [5.74, 6) is 2.13. The van der Waals surface area contributed by atoms with Crippen molar-refractivity contribution in [1.82, 2.24) is 9.55 Å². The molecule has 32 heavy (non-hydrogen) atoms. The van der Waals surface area contributed by atoms with Crippen molar-refractivity contribution < 1.29 is 14.6 Å². The Morgan fingerprint density at radius 2 is 1.47 bits per heavy atom. The summed E-state index contributed by atoms with van der Waals surface area (Å²) in [7, 11) is 5.22. The highest BCUT2D eigenvalue weighted by Crippen LogP contribution is 2.31. The lowest BCUT2D eigenvalue weighted by atomic mass is 10.0. The number of imidazole rings is 1. The maximum atomic E-state index is 10.8. The van der Waals surface area contributed by atoms with Crippen LogP contribution in [0, 0.1) is 0 Å². The summed E-state index contributed by atoms with van der Waals surface area (Å²) < 4.78 is 12.5. The van der Waals surface area contributed by atoms with Crippen molar-refractivity contribution in [1.29, 1.82) is 0 Å². The van der Waals surface area contributed by atoms with Gasteiger partial charge in [0, 0.05) is 24.6 Å². The molecule has 0 radical (unpaired) electrons. The normalized spacial score (nSPS) is 11.8. The van der Waals surface area contributed by atoms with Crippen LogP contribution in [0.25, 0.3) is 11.3 Å². The molecule has 1 unspecified atom stereocenters. The second kappa shape index (κ2) is 9.58. The van der Waals surface area contributed by atoms with Crippen LogP contribution in [0.5, 0.6) is 11.5 Å². The van der Waals surface area contributed by atoms with Gasteiger partial charge in [0.15, 0.2) is 6.23 Å². The SMILES string of the molecule is COc1ccc(-c2c(Cc3ccccc3)nc(NC(O)c3ccc(OC)cc3)n2C)cc1. The van der Waals surface area contributed by atoms with Gasteiger partial charge in [-0.2, -0.15) is 0 Å². The molecule has 3 aromatic carbocycles. The number of aromatic nitrogens is 2. The number of ether oxygens (including phenoxy) is 2. The minimum atomic E-state index is -0.907. The van der Waals surface area contributed by atoms with E-state index in [-0.39, 0.29) is 0 Å². The Balaban J connectivity index is 1.68. The lowest BCUT2D eigenvalue weighted by molar-refractivity contribution is 0.206. The van der Waals surface area contributed by atoms with Crippen molar-refractivity contribution in [2.75, 3.05) is 19.5 Å². The average molecular weight is 430 g/mol. The summed E-state index contributed by atoms with van der Waals surface area (Å²) in [4.78, 5) is 4.86. The molecule has 0 bridgehead atoms. The zero-order valence-corrected chi connectivity index (χ0v) is 18.4. The van der Waals surface area contributed by atoms with Crippen LogP contribution in [0.4, 0.5) is 5.95 Å². The van der Waals surface area contributed by atoms with Gasteiger partial charge < -0.3 is 24.5 Å². The van der Waals surface area contributed by atoms with Gasteiger partial charge in [0.1, 0.15) is 11.5 Å². The molecule has 0 aliphatic heterocycles. The first kappa shape index (κ1) is 21.5. The molecule has 0 aliphatic carbocycles. The molecule has 2 N–H and O–H groups in total. The van der Waals surface area contributed by atoms with E-state index in [1.807, 2.05) is 78.3 Å². The van der Waals surface area contributed by atoms with E-state index >= 15 is 0 Å². The van der Waals surface area contributed by atoms with Gasteiger partial charge in [-0.1, -0.05) is 42.5 Å². The molecular weight excluding hydrogens is 402 g/mol. The highest BCUT2D eigenvalue weighted by Gasteiger charge is 2.19. The fourth-order valence-electron chi connectivity index (χ4n) is 3.70. The summed E-state index contributed by atoms with van der Waals surface area (Å²) in [6.45, 7) is 0. The molecule has 0 fully saturated rings. The largest absolute Gasteiger partial charge is 0.497 e. The number of rotatable bonds is 8. The van der Waals surface area contributed by atoms with Gasteiger partial charge in [-0.15, -0.1) is 0 Å². The Morgan fingerprint density at radius 1 is 0.875 bits per heavy atom. The Bertz CT molecular complexity index is 1150. The third-order valence-electron chi connectivity index (χ3n) is 5.44. The second-order valence-electron chi connectivity index (χ2n) is 7.50. The molecule has 6 nitrogen and oxygen atoms in total. The van der Waals surface area contributed by atoms with Gasteiger partial charge in [-0.25, -0.2) is 4.98 Å². The number of methoxy groups -OCH3 is 2. The van der Waals surface area contributed by atoms with Crippen LogP contribution >= 0.6 is 0 Å². The number of hydrogen-bond acceptors (Lipinski definition) is 5. The van der Waals surface area contributed by atoms with E-state index in [9.17, 15) is 5.11 Å². The van der Waals surface area contributed by atoms with E-state index in [2.05, 4.69) is 17.4 Å². The van der Waals surface area contributed by atoms with Crippen LogP contribution in [-0.4, -0.2) is 28.9 Å². The van der Waals surface area contributed by atoms with Crippen molar-refractivity contribution in [2.45, 2.75) is 12.6 Å². The molecule has 4 aromatic rings. The summed E-state index contributed by atoms with van der Waals surface area (Å²) in [5, 5.41) is 13.9. The predicted octanol–water partition coefficient (Wildman–Crippen LogP) is 4.80. The Hall–Kier alpha value is -3.77. The minimum absolute atomic E-state index is 0.588. The van der Waals surface area contributed by atoms with E-state index in [4.69, 9.17) is 14.5 Å². The fraction of sp³-hybridized carbons (Fsp3) is 0.192. The lowest BCUT2D eigenvalue weighted by Crippen LogP contribution is -2.13. The minimum Gasteiger partial charge on any atom is -0.497 e. The molecule has 0 aliphatic rings. The van der Waals surface area contributed by atoms with Crippen LogP contribution in [0.1, 0.15) is 23.0 Å². The first-order valence-electron chi connectivity index (χ1n) is 10.4. The van der Waals surface area contributed by atoms with Crippen molar-refractivity contribution in [3.05, 3.63) is 95.7 Å². The predicted molar refractivity (Wildman–Crippen MR) is 126 cm³/mol. The number of nitrogens with zero attached hydrogens (tertiary/aromatic N) is 2. The van der Waals surface area contributed by atoms with E-state index in [1.165, 1.54) is 5.56 Å². The summed E-state index contributed by atoms with van der Waals surface area (Å²) in [5.41, 5.74) is 4.83. The van der Waals surface area contributed by atoms with Gasteiger partial charge in [-0.3, -0.25) is 0 Å². The summed E-state index contributed by atoms with van der Waals surface area (Å²) in [6, 6.07) is 25.5. The zero-order chi connectivity index (χ0) is 22.5. The van der Waals surface area contributed by atoms with Gasteiger partial charge in [-0.05, 0) is 42.0 Å². The molecule has 0 amide bonds. The van der Waals surface area contributed by atoms with Gasteiger partial charge in [0.05, 0.1) is 25.6 Å². The van der Waals surface area contributed by atoms with Crippen molar-refractivity contribution in [3.8, 4) is 22.8 Å². The molecule has 164 valence electrons. The maximum absolute atomic E-state index is 10.8. The van der Waals surface area contributed by atoms with E-state index in [0.717, 1.165) is 34.0 Å². The number of benzene rings is 3. The first-order chi connectivity index (χ1) is 15.6. The Labute approximate surface area is 188 Å². The second-order valence-corrected chi connectivity index (χ2v) is 7.50. The molecule has 1 atom stereocenters. The molecule has 1 heterocycles. The van der Waals surface area contributed by atoms with Crippen LogP contribution in [0.2, 0.25) is 0 Å². The molecule has 6 heteroatoms. The van der Waals surface area contributed by atoms with Crippen molar-refractivity contribution in [2.24, 2.45) is 7.05 Å². The highest BCUT2D eigenvalue weighted by molar-refractivity contribution is 5.67. The van der Waals surface area contributed by atoms with Gasteiger partial charge in [0.2, 0.25) is 5.95 Å². The van der Waals surface area contributed by atoms with E-state index < -0.39 is 6.23 Å². The Morgan fingerprint density at radius 3 is 2.06 bits per heavy atom. The molecule has 0 saturated heterocycles. The fourth-order valence-corrected chi connectivity index (χ4v) is 3.70. The number of nitrogens with one attached hydrogen (secondary N) is 1. The highest BCUT2D eigenvalue weighted by atomic mass is 16.5. The standard InChI is InChI=1S/C26H27N3O3/c1-29-24(19-9-13-21(31-2)14-10-19)23(17-18-7-5-4-6-8-18)27-26(29)28-25(30)20-11-15-22(32-3)16-12-20/h4-16,25,30H,17H2,1-3H3,(H,27,28). The first-order valence-corrected chi connectivity index (χ1v) is 10.4.